The molecule has 0 spiro atoms. The second kappa shape index (κ2) is 7.55. The molecule has 19 heavy (non-hydrogen) atoms. The van der Waals surface area contributed by atoms with Crippen LogP contribution in [0.25, 0.3) is 0 Å². The fraction of sp³-hybridized carbons (Fsp3) is 1.00. The van der Waals surface area contributed by atoms with Crippen LogP contribution in [0.1, 0.15) is 19.3 Å². The molecule has 0 aromatic heterocycles. The Morgan fingerprint density at radius 1 is 1.05 bits per heavy atom. The minimum Gasteiger partial charge on any atom is -0.395 e. The molecule has 2 saturated heterocycles. The van der Waals surface area contributed by atoms with Gasteiger partial charge in [0.15, 0.2) is 0 Å². The number of nitrogens with zero attached hydrogens (tertiary/aromatic N) is 2. The van der Waals surface area contributed by atoms with Gasteiger partial charge in [-0.25, -0.2) is 0 Å². The van der Waals surface area contributed by atoms with Gasteiger partial charge in [0.05, 0.1) is 6.61 Å². The van der Waals surface area contributed by atoms with Crippen molar-refractivity contribution in [3.63, 3.8) is 0 Å². The van der Waals surface area contributed by atoms with Crippen molar-refractivity contribution in [1.82, 2.24) is 9.80 Å². The maximum absolute atomic E-state index is 9.03. The Morgan fingerprint density at radius 3 is 2.42 bits per heavy atom. The number of β-amino-alcohol motifs (C(OH)–C–C–N with tert-alkyl or cyclic N) is 1. The van der Waals surface area contributed by atoms with Crippen molar-refractivity contribution >= 4 is 0 Å². The van der Waals surface area contributed by atoms with Crippen molar-refractivity contribution in [1.29, 1.82) is 0 Å². The highest BCUT2D eigenvalue weighted by molar-refractivity contribution is 4.87. The molecule has 5 heteroatoms. The molecule has 0 bridgehead atoms. The molecule has 2 aliphatic rings. The van der Waals surface area contributed by atoms with E-state index >= 15 is 0 Å². The molecule has 0 unspecified atom stereocenters. The topological polar surface area (TPSA) is 62.0 Å². The Labute approximate surface area is 116 Å². The highest BCUT2D eigenvalue weighted by Gasteiger charge is 2.33. The fourth-order valence-electron chi connectivity index (χ4n) is 3.25. The Bertz CT molecular complexity index is 257. The number of hydrogen-bond acceptors (Lipinski definition) is 5. The normalized spacial score (nSPS) is 26.2. The van der Waals surface area contributed by atoms with Gasteiger partial charge in [0.1, 0.15) is 0 Å². The summed E-state index contributed by atoms with van der Waals surface area (Å²) in [5, 5.41) is 9.03. The Morgan fingerprint density at radius 2 is 1.74 bits per heavy atom. The average molecular weight is 271 g/mol. The van der Waals surface area contributed by atoms with Crippen molar-refractivity contribution < 1.29 is 9.84 Å². The number of nitrogens with two attached hydrogens (primary N) is 1. The van der Waals surface area contributed by atoms with Crippen LogP contribution < -0.4 is 5.73 Å². The van der Waals surface area contributed by atoms with Crippen LogP contribution in [-0.4, -0.2) is 80.5 Å². The first kappa shape index (κ1) is 15.2. The summed E-state index contributed by atoms with van der Waals surface area (Å²) in [6, 6.07) is 0. The van der Waals surface area contributed by atoms with Gasteiger partial charge in [0, 0.05) is 39.4 Å². The highest BCUT2D eigenvalue weighted by atomic mass is 16.5. The smallest absolute Gasteiger partial charge is 0.0558 e. The van der Waals surface area contributed by atoms with E-state index in [9.17, 15) is 0 Å². The lowest BCUT2D eigenvalue weighted by molar-refractivity contribution is 0.000430. The summed E-state index contributed by atoms with van der Waals surface area (Å²) >= 11 is 0. The van der Waals surface area contributed by atoms with E-state index < -0.39 is 0 Å². The molecule has 5 nitrogen and oxygen atoms in total. The fourth-order valence-corrected chi connectivity index (χ4v) is 3.25. The van der Waals surface area contributed by atoms with E-state index in [4.69, 9.17) is 15.6 Å². The molecule has 2 fully saturated rings. The summed E-state index contributed by atoms with van der Waals surface area (Å²) in [6.45, 7) is 9.12. The zero-order chi connectivity index (χ0) is 13.6. The van der Waals surface area contributed by atoms with Crippen molar-refractivity contribution in [2.24, 2.45) is 11.1 Å². The van der Waals surface area contributed by atoms with Gasteiger partial charge in [-0.05, 0) is 44.3 Å². The van der Waals surface area contributed by atoms with Crippen LogP contribution in [0.4, 0.5) is 0 Å². The summed E-state index contributed by atoms with van der Waals surface area (Å²) in [5.41, 5.74) is 6.31. The largest absolute Gasteiger partial charge is 0.395 e. The van der Waals surface area contributed by atoms with E-state index in [0.29, 0.717) is 0 Å². The van der Waals surface area contributed by atoms with Crippen molar-refractivity contribution in [2.75, 3.05) is 65.6 Å². The Kier molecular flexibility index (Phi) is 6.04. The van der Waals surface area contributed by atoms with Gasteiger partial charge >= 0.3 is 0 Å². The summed E-state index contributed by atoms with van der Waals surface area (Å²) < 4.78 is 5.48. The molecule has 112 valence electrons. The molecule has 0 aromatic carbocycles. The molecular formula is C14H29N3O2. The second-order valence-corrected chi connectivity index (χ2v) is 6.01. The van der Waals surface area contributed by atoms with E-state index in [0.717, 1.165) is 71.9 Å². The van der Waals surface area contributed by atoms with Crippen LogP contribution in [-0.2, 0) is 4.74 Å². The van der Waals surface area contributed by atoms with Gasteiger partial charge in [-0.2, -0.15) is 0 Å². The minimum absolute atomic E-state index is 0.268. The molecule has 0 atom stereocenters. The lowest BCUT2D eigenvalue weighted by Gasteiger charge is -2.40. The number of aliphatic hydroxyl groups excluding tert-OH is 1. The maximum atomic E-state index is 9.03. The summed E-state index contributed by atoms with van der Waals surface area (Å²) in [6.07, 6.45) is 3.39. The van der Waals surface area contributed by atoms with Crippen LogP contribution in [0.5, 0.6) is 0 Å². The molecule has 2 aliphatic heterocycles. The SMILES string of the molecule is NCC1(CN2CCCN(CCO)CC2)CCOCC1. The molecule has 0 radical (unpaired) electrons. The van der Waals surface area contributed by atoms with E-state index in [1.807, 2.05) is 0 Å². The lowest BCUT2D eigenvalue weighted by Crippen LogP contribution is -2.47. The molecule has 0 aromatic rings. The third kappa shape index (κ3) is 4.39. The maximum Gasteiger partial charge on any atom is 0.0558 e. The van der Waals surface area contributed by atoms with Gasteiger partial charge in [0.25, 0.3) is 0 Å². The first-order chi connectivity index (χ1) is 9.28. The predicted molar refractivity (Wildman–Crippen MR) is 76.1 cm³/mol. The van der Waals surface area contributed by atoms with Gasteiger partial charge < -0.3 is 20.5 Å². The number of ether oxygens (including phenoxy) is 1. The van der Waals surface area contributed by atoms with Crippen LogP contribution in [0.15, 0.2) is 0 Å². The molecule has 0 amide bonds. The second-order valence-electron chi connectivity index (χ2n) is 6.01. The van der Waals surface area contributed by atoms with Crippen molar-refractivity contribution in [3.8, 4) is 0 Å². The molecule has 2 heterocycles. The van der Waals surface area contributed by atoms with Gasteiger partial charge in [0.2, 0.25) is 0 Å². The Hall–Kier alpha value is -0.200. The summed E-state index contributed by atoms with van der Waals surface area (Å²) in [4.78, 5) is 4.93. The molecule has 0 aliphatic carbocycles. The van der Waals surface area contributed by atoms with Crippen LogP contribution in [0.2, 0.25) is 0 Å². The molecular weight excluding hydrogens is 242 g/mol. The zero-order valence-electron chi connectivity index (χ0n) is 12.0. The van der Waals surface area contributed by atoms with Gasteiger partial charge in [-0.3, -0.25) is 4.90 Å². The van der Waals surface area contributed by atoms with Gasteiger partial charge in [-0.15, -0.1) is 0 Å². The molecule has 0 saturated carbocycles. The van der Waals surface area contributed by atoms with E-state index in [1.54, 1.807) is 0 Å². The van der Waals surface area contributed by atoms with E-state index in [-0.39, 0.29) is 12.0 Å². The first-order valence-corrected chi connectivity index (χ1v) is 7.61. The monoisotopic (exact) mass is 271 g/mol. The third-order valence-electron chi connectivity index (χ3n) is 4.64. The minimum atomic E-state index is 0.268. The molecule has 2 rings (SSSR count). The number of rotatable bonds is 5. The van der Waals surface area contributed by atoms with E-state index in [2.05, 4.69) is 9.80 Å². The van der Waals surface area contributed by atoms with Gasteiger partial charge in [-0.1, -0.05) is 0 Å². The average Bonchev–Trinajstić information content (AvgIpc) is 2.66. The Balaban J connectivity index is 1.84. The quantitative estimate of drug-likeness (QED) is 0.721. The van der Waals surface area contributed by atoms with Crippen LogP contribution >= 0.6 is 0 Å². The van der Waals surface area contributed by atoms with Crippen LogP contribution in [0.3, 0.4) is 0 Å². The standard InChI is InChI=1S/C14H29N3O2/c15-12-14(2-10-19-11-3-14)13-17-5-1-4-16(6-7-17)8-9-18/h18H,1-13,15H2. The van der Waals surface area contributed by atoms with Crippen molar-refractivity contribution in [2.45, 2.75) is 19.3 Å². The summed E-state index contributed by atoms with van der Waals surface area (Å²) in [5.74, 6) is 0. The molecule has 3 N–H and O–H groups in total. The highest BCUT2D eigenvalue weighted by Crippen LogP contribution is 2.30. The van der Waals surface area contributed by atoms with Crippen molar-refractivity contribution in [3.05, 3.63) is 0 Å². The summed E-state index contributed by atoms with van der Waals surface area (Å²) in [7, 11) is 0. The number of aliphatic hydroxyl groups is 1. The van der Waals surface area contributed by atoms with Crippen LogP contribution in [0, 0.1) is 5.41 Å². The number of hydrogen-bond donors (Lipinski definition) is 2. The first-order valence-electron chi connectivity index (χ1n) is 7.61. The lowest BCUT2D eigenvalue weighted by atomic mass is 9.79. The predicted octanol–water partition coefficient (Wildman–Crippen LogP) is -0.258. The third-order valence-corrected chi connectivity index (χ3v) is 4.64. The van der Waals surface area contributed by atoms with E-state index in [1.165, 1.54) is 6.42 Å². The zero-order valence-corrected chi connectivity index (χ0v) is 12.0.